The lowest BCUT2D eigenvalue weighted by Gasteiger charge is -2.19. The van der Waals surface area contributed by atoms with Crippen LogP contribution in [0.3, 0.4) is 0 Å². The van der Waals surface area contributed by atoms with E-state index in [1.165, 1.54) is 38.5 Å². The van der Waals surface area contributed by atoms with Crippen LogP contribution in [0.15, 0.2) is 12.2 Å². The van der Waals surface area contributed by atoms with Gasteiger partial charge in [-0.15, -0.1) is 0 Å². The number of ketones is 1. The van der Waals surface area contributed by atoms with E-state index in [2.05, 4.69) is 19.1 Å². The summed E-state index contributed by atoms with van der Waals surface area (Å²) in [5.74, 6) is -0.577. The monoisotopic (exact) mass is 366 g/mol. The van der Waals surface area contributed by atoms with Gasteiger partial charge in [-0.2, -0.15) is 0 Å². The normalized spacial score (nSPS) is 23.2. The van der Waals surface area contributed by atoms with Gasteiger partial charge in [-0.25, -0.2) is 0 Å². The summed E-state index contributed by atoms with van der Waals surface area (Å²) in [4.78, 5) is 22.7. The fraction of sp³-hybridized carbons (Fsp3) is 0.818. The number of hydrogen-bond donors (Lipinski definition) is 2. The lowest BCUT2D eigenvalue weighted by atomic mass is 9.86. The molecular formula is C22H38O4. The Kier molecular flexibility index (Phi) is 12.3. The molecule has 1 aliphatic rings. The van der Waals surface area contributed by atoms with E-state index in [0.717, 1.165) is 32.1 Å². The number of carboxylic acid groups (broad SMARTS) is 1. The van der Waals surface area contributed by atoms with Crippen LogP contribution in [0.4, 0.5) is 0 Å². The van der Waals surface area contributed by atoms with E-state index in [-0.39, 0.29) is 30.5 Å². The van der Waals surface area contributed by atoms with Gasteiger partial charge in [0.15, 0.2) is 0 Å². The number of aliphatic carboxylic acids is 1. The maximum absolute atomic E-state index is 12.1. The van der Waals surface area contributed by atoms with Crippen molar-refractivity contribution in [2.75, 3.05) is 0 Å². The first-order valence-electron chi connectivity index (χ1n) is 10.6. The average molecular weight is 367 g/mol. The number of unbranched alkanes of at least 4 members (excludes halogenated alkanes) is 8. The molecule has 0 unspecified atom stereocenters. The van der Waals surface area contributed by atoms with E-state index in [9.17, 15) is 14.7 Å². The van der Waals surface area contributed by atoms with Gasteiger partial charge in [0, 0.05) is 18.8 Å². The zero-order valence-corrected chi connectivity index (χ0v) is 16.5. The van der Waals surface area contributed by atoms with Gasteiger partial charge < -0.3 is 10.2 Å². The Morgan fingerprint density at radius 3 is 2.46 bits per heavy atom. The number of aliphatic hydroxyl groups excluding tert-OH is 1. The second-order valence-corrected chi connectivity index (χ2v) is 7.76. The molecule has 0 aromatic rings. The van der Waals surface area contributed by atoms with Crippen LogP contribution in [-0.4, -0.2) is 28.1 Å². The molecule has 0 aromatic carbocycles. The van der Waals surface area contributed by atoms with Crippen LogP contribution >= 0.6 is 0 Å². The van der Waals surface area contributed by atoms with Crippen LogP contribution in [0.1, 0.15) is 96.8 Å². The molecule has 4 heteroatoms. The standard InChI is InChI=1S/C22H38O4/c1-2-3-4-5-6-7-8-9-11-14-18-19(21(24)17-20(18)23)15-12-10-13-16-22(25)26/h9,11,18-20,23H,2-8,10,12-17H2,1H3,(H,25,26)/b11-9+/t18-,19-,20-/m1/s1. The first-order chi connectivity index (χ1) is 12.6. The van der Waals surface area contributed by atoms with Crippen molar-refractivity contribution in [2.24, 2.45) is 11.8 Å². The van der Waals surface area contributed by atoms with Gasteiger partial charge in [-0.3, -0.25) is 9.59 Å². The van der Waals surface area contributed by atoms with Crippen molar-refractivity contribution >= 4 is 11.8 Å². The minimum atomic E-state index is -0.759. The molecule has 0 spiro atoms. The quantitative estimate of drug-likeness (QED) is 0.305. The average Bonchev–Trinajstić information content (AvgIpc) is 2.86. The summed E-state index contributed by atoms with van der Waals surface area (Å²) in [7, 11) is 0. The number of hydrogen-bond acceptors (Lipinski definition) is 3. The van der Waals surface area contributed by atoms with Crippen molar-refractivity contribution < 1.29 is 19.8 Å². The van der Waals surface area contributed by atoms with Crippen LogP contribution in [-0.2, 0) is 9.59 Å². The van der Waals surface area contributed by atoms with E-state index < -0.39 is 12.1 Å². The predicted octanol–water partition coefficient (Wildman–Crippen LogP) is 5.28. The second-order valence-electron chi connectivity index (χ2n) is 7.76. The molecule has 1 rings (SSSR count). The van der Waals surface area contributed by atoms with Gasteiger partial charge in [0.2, 0.25) is 0 Å². The highest BCUT2D eigenvalue weighted by atomic mass is 16.4. The molecule has 0 amide bonds. The lowest BCUT2D eigenvalue weighted by Crippen LogP contribution is -2.20. The number of aliphatic hydroxyl groups is 1. The molecule has 0 saturated heterocycles. The van der Waals surface area contributed by atoms with Gasteiger partial charge in [-0.1, -0.05) is 64.0 Å². The Morgan fingerprint density at radius 2 is 1.73 bits per heavy atom. The molecule has 2 N–H and O–H groups in total. The summed E-state index contributed by atoms with van der Waals surface area (Å²) < 4.78 is 0. The molecule has 1 aliphatic carbocycles. The van der Waals surface area contributed by atoms with Gasteiger partial charge in [0.05, 0.1) is 6.10 Å². The molecule has 0 aliphatic heterocycles. The van der Waals surface area contributed by atoms with Crippen molar-refractivity contribution in [1.29, 1.82) is 0 Å². The van der Waals surface area contributed by atoms with Gasteiger partial charge in [0.1, 0.15) is 5.78 Å². The molecule has 1 fully saturated rings. The molecule has 4 nitrogen and oxygen atoms in total. The third-order valence-corrected chi connectivity index (χ3v) is 5.54. The summed E-state index contributed by atoms with van der Waals surface area (Å²) in [6.45, 7) is 2.23. The van der Waals surface area contributed by atoms with E-state index in [1.807, 2.05) is 0 Å². The van der Waals surface area contributed by atoms with Gasteiger partial charge in [-0.05, 0) is 38.0 Å². The summed E-state index contributed by atoms with van der Waals surface area (Å²) >= 11 is 0. The lowest BCUT2D eigenvalue weighted by molar-refractivity contribution is -0.137. The van der Waals surface area contributed by atoms with Crippen LogP contribution in [0.25, 0.3) is 0 Å². The van der Waals surface area contributed by atoms with Crippen molar-refractivity contribution in [3.8, 4) is 0 Å². The molecule has 0 bridgehead atoms. The summed E-state index contributed by atoms with van der Waals surface area (Å²) in [5, 5.41) is 18.9. The molecule has 0 heterocycles. The Morgan fingerprint density at radius 1 is 1.04 bits per heavy atom. The highest BCUT2D eigenvalue weighted by Crippen LogP contribution is 2.35. The van der Waals surface area contributed by atoms with Crippen LogP contribution in [0.5, 0.6) is 0 Å². The van der Waals surface area contributed by atoms with Crippen molar-refractivity contribution in [3.05, 3.63) is 12.2 Å². The highest BCUT2D eigenvalue weighted by Gasteiger charge is 2.39. The highest BCUT2D eigenvalue weighted by molar-refractivity contribution is 5.84. The Balaban J connectivity index is 2.23. The summed E-state index contributed by atoms with van der Waals surface area (Å²) in [6, 6.07) is 0. The van der Waals surface area contributed by atoms with E-state index in [4.69, 9.17) is 5.11 Å². The van der Waals surface area contributed by atoms with Crippen LogP contribution < -0.4 is 0 Å². The summed E-state index contributed by atoms with van der Waals surface area (Å²) in [6.07, 6.45) is 17.1. The first-order valence-corrected chi connectivity index (χ1v) is 10.6. The molecular weight excluding hydrogens is 328 g/mol. The second kappa shape index (κ2) is 14.0. The third-order valence-electron chi connectivity index (χ3n) is 5.54. The molecule has 0 radical (unpaired) electrons. The zero-order valence-electron chi connectivity index (χ0n) is 16.5. The maximum atomic E-state index is 12.1. The Bertz CT molecular complexity index is 430. The van der Waals surface area contributed by atoms with Crippen molar-refractivity contribution in [2.45, 2.75) is 103 Å². The maximum Gasteiger partial charge on any atom is 0.303 e. The largest absolute Gasteiger partial charge is 0.481 e. The van der Waals surface area contributed by atoms with Gasteiger partial charge in [0.25, 0.3) is 0 Å². The predicted molar refractivity (Wildman–Crippen MR) is 105 cm³/mol. The van der Waals surface area contributed by atoms with E-state index in [1.54, 1.807) is 0 Å². The molecule has 1 saturated carbocycles. The molecule has 150 valence electrons. The van der Waals surface area contributed by atoms with Crippen LogP contribution in [0.2, 0.25) is 0 Å². The Labute approximate surface area is 159 Å². The van der Waals surface area contributed by atoms with Crippen LogP contribution in [0, 0.1) is 11.8 Å². The fourth-order valence-electron chi connectivity index (χ4n) is 3.94. The number of carbonyl (C=O) groups is 2. The minimum Gasteiger partial charge on any atom is -0.481 e. The molecule has 0 aromatic heterocycles. The number of carbonyl (C=O) groups excluding carboxylic acids is 1. The fourth-order valence-corrected chi connectivity index (χ4v) is 3.94. The van der Waals surface area contributed by atoms with Crippen molar-refractivity contribution in [3.63, 3.8) is 0 Å². The summed E-state index contributed by atoms with van der Waals surface area (Å²) in [5.41, 5.74) is 0. The van der Waals surface area contributed by atoms with E-state index in [0.29, 0.717) is 6.42 Å². The Hall–Kier alpha value is -1.16. The first kappa shape index (κ1) is 22.9. The SMILES string of the molecule is CCCCCCCC/C=C/C[C@H]1[C@H](O)CC(=O)[C@@H]1CCCCCC(=O)O. The smallest absolute Gasteiger partial charge is 0.303 e. The number of carboxylic acids is 1. The number of Topliss-reactive ketones (excluding diaryl/α,β-unsaturated/α-hetero) is 1. The van der Waals surface area contributed by atoms with E-state index >= 15 is 0 Å². The topological polar surface area (TPSA) is 74.6 Å². The van der Waals surface area contributed by atoms with Crippen molar-refractivity contribution in [1.82, 2.24) is 0 Å². The number of allylic oxidation sites excluding steroid dienone is 2. The third kappa shape index (κ3) is 9.51. The number of rotatable bonds is 15. The minimum absolute atomic E-state index is 0.0442. The molecule has 3 atom stereocenters. The zero-order chi connectivity index (χ0) is 19.2. The van der Waals surface area contributed by atoms with Gasteiger partial charge >= 0.3 is 5.97 Å². The molecule has 26 heavy (non-hydrogen) atoms.